The van der Waals surface area contributed by atoms with Gasteiger partial charge in [-0.25, -0.2) is 4.98 Å². The maximum atomic E-state index is 4.45. The minimum atomic E-state index is 0.499. The van der Waals surface area contributed by atoms with E-state index in [9.17, 15) is 0 Å². The number of thioether (sulfide) groups is 1. The highest BCUT2D eigenvalue weighted by atomic mass is 32.2. The molecule has 2 aromatic heterocycles. The van der Waals surface area contributed by atoms with Crippen molar-refractivity contribution in [1.29, 1.82) is 0 Å². The van der Waals surface area contributed by atoms with Crippen LogP contribution in [0.5, 0.6) is 0 Å². The Morgan fingerprint density at radius 3 is 3.00 bits per heavy atom. The van der Waals surface area contributed by atoms with Crippen molar-refractivity contribution >= 4 is 28.2 Å². The summed E-state index contributed by atoms with van der Waals surface area (Å²) < 4.78 is 0. The van der Waals surface area contributed by atoms with Gasteiger partial charge in [-0.15, -0.1) is 11.8 Å². The van der Waals surface area contributed by atoms with Crippen molar-refractivity contribution in [3.8, 4) is 0 Å². The predicted octanol–water partition coefficient (Wildman–Crippen LogP) is 4.53. The van der Waals surface area contributed by atoms with Gasteiger partial charge in [-0.05, 0) is 61.2 Å². The summed E-state index contributed by atoms with van der Waals surface area (Å²) >= 11 is 1.86. The summed E-state index contributed by atoms with van der Waals surface area (Å²) in [5, 5.41) is 2.56. The first kappa shape index (κ1) is 16.2. The van der Waals surface area contributed by atoms with Gasteiger partial charge in [0.2, 0.25) is 0 Å². The van der Waals surface area contributed by atoms with E-state index < -0.39 is 0 Å². The fourth-order valence-electron chi connectivity index (χ4n) is 4.55. The highest BCUT2D eigenvalue weighted by molar-refractivity contribution is 7.99. The van der Waals surface area contributed by atoms with E-state index in [1.165, 1.54) is 33.3 Å². The molecule has 5 rings (SSSR count). The minimum absolute atomic E-state index is 0.499. The molecule has 1 aromatic carbocycles. The molecule has 4 heteroatoms. The number of pyridine rings is 1. The van der Waals surface area contributed by atoms with Crippen molar-refractivity contribution in [1.82, 2.24) is 14.9 Å². The first-order valence-corrected chi connectivity index (χ1v) is 10.3. The summed E-state index contributed by atoms with van der Waals surface area (Å²) in [5.41, 5.74) is 7.06. The number of aromatic nitrogens is 2. The van der Waals surface area contributed by atoms with Crippen LogP contribution >= 0.6 is 11.8 Å². The number of nitrogens with one attached hydrogen (secondary N) is 1. The van der Waals surface area contributed by atoms with Crippen LogP contribution in [0.15, 0.2) is 53.7 Å². The Bertz CT molecular complexity index is 989. The lowest BCUT2D eigenvalue weighted by Gasteiger charge is -2.40. The van der Waals surface area contributed by atoms with Gasteiger partial charge in [0.1, 0.15) is 0 Å². The lowest BCUT2D eigenvalue weighted by atomic mass is 9.79. The summed E-state index contributed by atoms with van der Waals surface area (Å²) in [6.07, 6.45) is 5.54. The van der Waals surface area contributed by atoms with E-state index in [0.717, 1.165) is 23.7 Å². The van der Waals surface area contributed by atoms with Crippen molar-refractivity contribution in [2.45, 2.75) is 24.4 Å². The van der Waals surface area contributed by atoms with E-state index in [0.29, 0.717) is 12.0 Å². The third kappa shape index (κ3) is 2.60. The van der Waals surface area contributed by atoms with Gasteiger partial charge in [-0.1, -0.05) is 24.3 Å². The number of rotatable bonds is 3. The summed E-state index contributed by atoms with van der Waals surface area (Å²) in [6.45, 7) is 3.33. The Morgan fingerprint density at radius 1 is 1.23 bits per heavy atom. The number of aryl methyl sites for hydroxylation is 1. The van der Waals surface area contributed by atoms with Crippen LogP contribution in [0.1, 0.15) is 16.8 Å². The maximum absolute atomic E-state index is 4.45. The summed E-state index contributed by atoms with van der Waals surface area (Å²) in [7, 11) is 2.28. The highest BCUT2D eigenvalue weighted by Crippen LogP contribution is 2.42. The van der Waals surface area contributed by atoms with E-state index in [2.05, 4.69) is 65.2 Å². The number of H-pyrrole nitrogens is 1. The molecule has 0 spiro atoms. The molecule has 0 amide bonds. The smallest absolute Gasteiger partial charge is 0.0960 e. The topological polar surface area (TPSA) is 31.9 Å². The summed E-state index contributed by atoms with van der Waals surface area (Å²) in [5.74, 6) is 1.63. The Labute approximate surface area is 158 Å². The molecule has 1 aliphatic carbocycles. The van der Waals surface area contributed by atoms with Crippen molar-refractivity contribution in [2.24, 2.45) is 5.92 Å². The number of hydrogen-bond acceptors (Lipinski definition) is 3. The van der Waals surface area contributed by atoms with Gasteiger partial charge >= 0.3 is 0 Å². The van der Waals surface area contributed by atoms with E-state index in [4.69, 9.17) is 0 Å². The highest BCUT2D eigenvalue weighted by Gasteiger charge is 2.34. The molecule has 1 N–H and O–H groups in total. The predicted molar refractivity (Wildman–Crippen MR) is 110 cm³/mol. The molecule has 132 valence electrons. The minimum Gasteiger partial charge on any atom is -0.358 e. The number of aromatic amines is 1. The quantitative estimate of drug-likeness (QED) is 0.696. The molecule has 3 heterocycles. The van der Waals surface area contributed by atoms with Gasteiger partial charge in [0.05, 0.1) is 5.03 Å². The lowest BCUT2D eigenvalue weighted by molar-refractivity contribution is 0.253. The fourth-order valence-corrected chi connectivity index (χ4v) is 5.45. The number of likely N-dealkylation sites (N-methyl/N-ethyl adjacent to an activating group) is 1. The van der Waals surface area contributed by atoms with Crippen LogP contribution in [-0.2, 0) is 6.42 Å². The Hall–Kier alpha value is -2.04. The second kappa shape index (κ2) is 6.29. The van der Waals surface area contributed by atoms with Crippen LogP contribution in [0.25, 0.3) is 16.5 Å². The molecule has 0 bridgehead atoms. The number of benzene rings is 1. The average Bonchev–Trinajstić information content (AvgIpc) is 2.99. The van der Waals surface area contributed by atoms with Gasteiger partial charge in [0, 0.05) is 41.1 Å². The first-order valence-electron chi connectivity index (χ1n) is 9.27. The molecule has 2 atom stereocenters. The molecule has 3 nitrogen and oxygen atoms in total. The van der Waals surface area contributed by atoms with Gasteiger partial charge in [0.15, 0.2) is 0 Å². The molecule has 2 aliphatic rings. The zero-order valence-electron chi connectivity index (χ0n) is 15.2. The van der Waals surface area contributed by atoms with Crippen molar-refractivity contribution in [3.05, 3.63) is 65.5 Å². The molecule has 0 saturated carbocycles. The van der Waals surface area contributed by atoms with Crippen LogP contribution in [0.4, 0.5) is 0 Å². The third-order valence-corrected chi connectivity index (χ3v) is 6.89. The second-order valence-corrected chi connectivity index (χ2v) is 8.52. The molecule has 0 unspecified atom stereocenters. The Balaban J connectivity index is 1.51. The molecule has 3 aromatic rings. The zero-order valence-corrected chi connectivity index (χ0v) is 16.0. The normalized spacial score (nSPS) is 22.3. The van der Waals surface area contributed by atoms with Crippen LogP contribution in [0.3, 0.4) is 0 Å². The Kier molecular flexibility index (Phi) is 3.91. The second-order valence-electron chi connectivity index (χ2n) is 7.48. The maximum Gasteiger partial charge on any atom is 0.0960 e. The third-order valence-electron chi connectivity index (χ3n) is 5.76. The largest absolute Gasteiger partial charge is 0.358 e. The molecular formula is C22H23N3S. The van der Waals surface area contributed by atoms with E-state index in [1.807, 2.05) is 24.0 Å². The van der Waals surface area contributed by atoms with Crippen molar-refractivity contribution in [3.63, 3.8) is 0 Å². The first-order chi connectivity index (χ1) is 12.7. The van der Waals surface area contributed by atoms with Gasteiger partial charge in [-0.3, -0.25) is 4.90 Å². The van der Waals surface area contributed by atoms with Gasteiger partial charge < -0.3 is 4.98 Å². The molecular weight excluding hydrogens is 338 g/mol. The number of hydrogen-bond donors (Lipinski definition) is 1. The fraction of sp³-hybridized carbons (Fsp3) is 0.318. The van der Waals surface area contributed by atoms with Gasteiger partial charge in [0.25, 0.3) is 0 Å². The Morgan fingerprint density at radius 2 is 2.15 bits per heavy atom. The molecule has 0 saturated heterocycles. The van der Waals surface area contributed by atoms with Gasteiger partial charge in [-0.2, -0.15) is 0 Å². The summed E-state index contributed by atoms with van der Waals surface area (Å²) in [4.78, 5) is 10.6. The van der Waals surface area contributed by atoms with Crippen LogP contribution in [0.2, 0.25) is 0 Å². The summed E-state index contributed by atoms with van der Waals surface area (Å²) in [6, 6.07) is 13.3. The molecule has 1 aliphatic heterocycles. The lowest BCUT2D eigenvalue weighted by Crippen LogP contribution is -2.43. The van der Waals surface area contributed by atoms with E-state index in [1.54, 1.807) is 0 Å². The van der Waals surface area contributed by atoms with E-state index >= 15 is 0 Å². The van der Waals surface area contributed by atoms with E-state index in [-0.39, 0.29) is 0 Å². The molecule has 0 radical (unpaired) electrons. The van der Waals surface area contributed by atoms with Crippen molar-refractivity contribution in [2.75, 3.05) is 19.3 Å². The SMILES string of the molecule is Cc1[nH]c2cccc3c2c1C[C@@H]1C3=C[C@@H](CSc2ccccn2)CN1C. The molecule has 0 fully saturated rings. The standard InChI is InChI=1S/C22H23N3S/c1-14-17-11-20-18(16-6-5-7-19(24-14)22(16)17)10-15(12-25(20)2)13-26-21-8-3-4-9-23-21/h3-10,15,20,24H,11-13H2,1-2H3/t15-,20-/m1/s1. The molecule has 26 heavy (non-hydrogen) atoms. The average molecular weight is 362 g/mol. The van der Waals surface area contributed by atoms with Crippen molar-refractivity contribution < 1.29 is 0 Å². The monoisotopic (exact) mass is 361 g/mol. The number of fused-ring (bicyclic) bond motifs is 2. The number of nitrogens with zero attached hydrogens (tertiary/aromatic N) is 2. The van der Waals surface area contributed by atoms with Crippen LogP contribution in [-0.4, -0.2) is 40.3 Å². The van der Waals surface area contributed by atoms with Crippen LogP contribution in [0, 0.1) is 12.8 Å². The zero-order chi connectivity index (χ0) is 17.7. The van der Waals surface area contributed by atoms with Crippen LogP contribution < -0.4 is 0 Å².